The first-order chi connectivity index (χ1) is 36.3. The van der Waals surface area contributed by atoms with Gasteiger partial charge in [0, 0.05) is 38.2 Å². The predicted octanol–water partition coefficient (Wildman–Crippen LogP) is 18.4. The summed E-state index contributed by atoms with van der Waals surface area (Å²) in [6.45, 7) is 19.2. The van der Waals surface area contributed by atoms with E-state index in [0.717, 1.165) is 83.5 Å². The Kier molecular flexibility index (Phi) is 10.5. The number of nitrogens with zero attached hydrogens (tertiary/aromatic N) is 3. The summed E-state index contributed by atoms with van der Waals surface area (Å²) in [5.74, 6) is -0.265. The Morgan fingerprint density at radius 3 is 1.82 bits per heavy atom. The van der Waals surface area contributed by atoms with Gasteiger partial charge in [0.05, 0.1) is 22.3 Å². The van der Waals surface area contributed by atoms with Crippen LogP contribution in [-0.4, -0.2) is 19.6 Å². The van der Waals surface area contributed by atoms with Gasteiger partial charge < -0.3 is 5.11 Å². The number of phenols is 1. The Bertz CT molecular complexity index is 3700. The van der Waals surface area contributed by atoms with Crippen LogP contribution in [0.5, 0.6) is 5.75 Å². The summed E-state index contributed by atoms with van der Waals surface area (Å²) in [5.41, 5.74) is 13.2. The van der Waals surface area contributed by atoms with Crippen molar-refractivity contribution in [1.29, 1.82) is 0 Å². The molecule has 0 bridgehead atoms. The number of hydrogen-bond donors (Lipinski definition) is 1. The normalized spacial score (nSPS) is 14.5. The zero-order valence-corrected chi connectivity index (χ0v) is 43.4. The van der Waals surface area contributed by atoms with E-state index in [2.05, 4.69) is 170 Å². The Balaban J connectivity index is 1.29. The van der Waals surface area contributed by atoms with Crippen molar-refractivity contribution in [3.05, 3.63) is 192 Å². The molecule has 2 aromatic heterocycles. The molecule has 0 aliphatic rings. The van der Waals surface area contributed by atoms with Gasteiger partial charge in [-0.2, -0.15) is 0 Å². The quantitative estimate of drug-likeness (QED) is 0.165. The number of phenolic OH excluding ortho intramolecular Hbond substituents is 1. The average molecular weight is 941 g/mol. The van der Waals surface area contributed by atoms with Crippen molar-refractivity contribution in [3.8, 4) is 78.6 Å². The molecule has 0 unspecified atom stereocenters. The predicted molar refractivity (Wildman–Crippen MR) is 302 cm³/mol. The molecular formula is C67H71N3O. The van der Waals surface area contributed by atoms with Gasteiger partial charge in [0.25, 0.3) is 0 Å². The summed E-state index contributed by atoms with van der Waals surface area (Å²) in [5, 5.41) is 12.6. The fourth-order valence-corrected chi connectivity index (χ4v) is 9.77. The van der Waals surface area contributed by atoms with Crippen LogP contribution < -0.4 is 0 Å². The number of imidazole rings is 1. The smallest absolute Gasteiger partial charge is 0.149 e. The summed E-state index contributed by atoms with van der Waals surface area (Å²) in [6.07, 6.45) is 1.75. The van der Waals surface area contributed by atoms with Crippen molar-refractivity contribution in [3.63, 3.8) is 0 Å². The molecule has 0 aliphatic heterocycles. The fraction of sp³-hybridized carbons (Fsp3) is 0.284. The highest BCUT2D eigenvalue weighted by Crippen LogP contribution is 2.46. The maximum Gasteiger partial charge on any atom is 0.149 e. The highest BCUT2D eigenvalue weighted by Gasteiger charge is 2.30. The number of hydrogen-bond acceptors (Lipinski definition) is 3. The molecule has 0 atom stereocenters. The van der Waals surface area contributed by atoms with Crippen LogP contribution in [0.4, 0.5) is 0 Å². The standard InChI is InChI=1S/C67H71N3O/c1-42(2)55-41-51(31-32-53(55)54-23-18-19-25-57(54)66(9,10)11)70-60-26-20-24-52(61(60)69-63(70)56-39-50(65(6,7)8)40-58(62(56)71)67(12,13)14)47-35-46(43-21-16-15-17-22-43)36-48(37-47)59-38-45(33-34-68-59)44-27-29-49(30-28-44)64(3,4)5/h15-42,71H,1-14H3/i3D3,4D3,42D. The van der Waals surface area contributed by atoms with Crippen LogP contribution >= 0.6 is 0 Å². The highest BCUT2D eigenvalue weighted by molar-refractivity contribution is 5.98. The van der Waals surface area contributed by atoms with Gasteiger partial charge >= 0.3 is 0 Å². The Morgan fingerprint density at radius 1 is 0.493 bits per heavy atom. The molecular weight excluding hydrogens is 863 g/mol. The van der Waals surface area contributed by atoms with E-state index in [1.54, 1.807) is 30.5 Å². The van der Waals surface area contributed by atoms with Crippen LogP contribution in [-0.2, 0) is 21.7 Å². The third kappa shape index (κ3) is 9.74. The Morgan fingerprint density at radius 2 is 1.14 bits per heavy atom. The maximum absolute atomic E-state index is 12.6. The van der Waals surface area contributed by atoms with Gasteiger partial charge in [-0.15, -0.1) is 0 Å². The molecule has 4 nitrogen and oxygen atoms in total. The molecule has 0 saturated carbocycles. The van der Waals surface area contributed by atoms with Crippen molar-refractivity contribution >= 4 is 11.0 Å². The third-order valence-corrected chi connectivity index (χ3v) is 13.7. The third-order valence-electron chi connectivity index (χ3n) is 13.7. The molecule has 1 N–H and O–H groups in total. The Hall–Kier alpha value is -7.04. The van der Waals surface area contributed by atoms with Gasteiger partial charge in [-0.25, -0.2) is 4.98 Å². The van der Waals surface area contributed by atoms with Crippen molar-refractivity contribution in [2.45, 2.75) is 124 Å². The number of pyridine rings is 1. The first kappa shape index (κ1) is 40.7. The molecule has 0 aliphatic carbocycles. The molecule has 7 aromatic carbocycles. The second kappa shape index (κ2) is 18.3. The first-order valence-corrected chi connectivity index (χ1v) is 24.7. The second-order valence-electron chi connectivity index (χ2n) is 22.7. The minimum absolute atomic E-state index is 0.149. The topological polar surface area (TPSA) is 50.9 Å². The van der Waals surface area contributed by atoms with E-state index >= 15 is 0 Å². The SMILES string of the molecule is [2H]C(C)(C)c1cc(-n2c(-c3cc(C(C)(C)C)cc(C(C)(C)C)c3O)nc3c(-c4cc(-c5ccccc5)cc(-c5cc(-c6ccc(C(C)(C([2H])([2H])[2H])C([2H])([2H])[2H])cc6)ccn5)c4)cccc32)ccc1-c1ccccc1C(C)(C)C. The van der Waals surface area contributed by atoms with Crippen LogP contribution in [0.2, 0.25) is 0 Å². The van der Waals surface area contributed by atoms with Crippen LogP contribution in [0, 0.1) is 0 Å². The molecule has 9 aromatic rings. The number of aromatic nitrogens is 3. The van der Waals surface area contributed by atoms with Gasteiger partial charge in [0.15, 0.2) is 0 Å². The number of benzene rings is 7. The number of aromatic hydroxyl groups is 1. The van der Waals surface area contributed by atoms with Gasteiger partial charge in [-0.1, -0.05) is 200 Å². The molecule has 0 saturated heterocycles. The summed E-state index contributed by atoms with van der Waals surface area (Å²) < 4.78 is 61.1. The molecule has 4 heteroatoms. The molecule has 0 amide bonds. The van der Waals surface area contributed by atoms with E-state index in [4.69, 9.17) is 18.2 Å². The molecule has 2 heterocycles. The monoisotopic (exact) mass is 941 g/mol. The lowest BCUT2D eigenvalue weighted by Crippen LogP contribution is -2.17. The molecule has 0 fully saturated rings. The lowest BCUT2D eigenvalue weighted by atomic mass is 9.79. The van der Waals surface area contributed by atoms with Crippen LogP contribution in [0.25, 0.3) is 83.9 Å². The molecule has 0 radical (unpaired) electrons. The zero-order valence-electron chi connectivity index (χ0n) is 50.4. The number of para-hydroxylation sites is 1. The van der Waals surface area contributed by atoms with Crippen LogP contribution in [0.15, 0.2) is 164 Å². The van der Waals surface area contributed by atoms with Gasteiger partial charge in [-0.3, -0.25) is 9.55 Å². The largest absolute Gasteiger partial charge is 0.507 e. The van der Waals surface area contributed by atoms with E-state index in [9.17, 15) is 6.48 Å². The number of fused-ring (bicyclic) bond motifs is 1. The van der Waals surface area contributed by atoms with E-state index < -0.39 is 30.4 Å². The average Bonchev–Trinajstić information content (AvgIpc) is 3.94. The lowest BCUT2D eigenvalue weighted by molar-refractivity contribution is 0.446. The second-order valence-corrected chi connectivity index (χ2v) is 22.7. The zero-order chi connectivity index (χ0) is 56.7. The van der Waals surface area contributed by atoms with Crippen LogP contribution in [0.3, 0.4) is 0 Å². The van der Waals surface area contributed by atoms with Gasteiger partial charge in [0.2, 0.25) is 0 Å². The van der Waals surface area contributed by atoms with Crippen molar-refractivity contribution in [1.82, 2.24) is 14.5 Å². The highest BCUT2D eigenvalue weighted by atomic mass is 16.3. The van der Waals surface area contributed by atoms with E-state index in [1.807, 2.05) is 44.2 Å². The van der Waals surface area contributed by atoms with Crippen molar-refractivity contribution in [2.75, 3.05) is 0 Å². The summed E-state index contributed by atoms with van der Waals surface area (Å²) in [7, 11) is 0. The van der Waals surface area contributed by atoms with Gasteiger partial charge in [-0.05, 0) is 143 Å². The lowest BCUT2D eigenvalue weighted by Gasteiger charge is -2.28. The van der Waals surface area contributed by atoms with E-state index in [-0.39, 0.29) is 22.1 Å². The van der Waals surface area contributed by atoms with Crippen LogP contribution in [0.1, 0.15) is 140 Å². The Labute approximate surface area is 433 Å². The molecule has 360 valence electrons. The minimum atomic E-state index is -2.77. The molecule has 9 rings (SSSR count). The van der Waals surface area contributed by atoms with Crippen molar-refractivity contribution < 1.29 is 14.7 Å². The van der Waals surface area contributed by atoms with E-state index in [1.165, 1.54) is 12.5 Å². The summed E-state index contributed by atoms with van der Waals surface area (Å²) in [4.78, 5) is 10.6. The fourth-order valence-electron chi connectivity index (χ4n) is 9.77. The summed E-state index contributed by atoms with van der Waals surface area (Å²) >= 11 is 0. The maximum atomic E-state index is 12.6. The number of rotatable bonds is 8. The minimum Gasteiger partial charge on any atom is -0.507 e. The van der Waals surface area contributed by atoms with Gasteiger partial charge in [0.1, 0.15) is 11.6 Å². The summed E-state index contributed by atoms with van der Waals surface area (Å²) in [6, 6.07) is 52.6. The molecule has 0 spiro atoms. The first-order valence-electron chi connectivity index (χ1n) is 28.2. The van der Waals surface area contributed by atoms with E-state index in [0.29, 0.717) is 17.1 Å². The molecule has 71 heavy (non-hydrogen) atoms. The van der Waals surface area contributed by atoms with Crippen molar-refractivity contribution in [2.24, 2.45) is 0 Å².